The molecule has 2 aromatic rings. The van der Waals surface area contributed by atoms with Gasteiger partial charge in [-0.3, -0.25) is 19.3 Å². The van der Waals surface area contributed by atoms with E-state index < -0.39 is 35.6 Å². The fourth-order valence-corrected chi connectivity index (χ4v) is 4.96. The predicted molar refractivity (Wildman–Crippen MR) is 114 cm³/mol. The zero-order valence-electron chi connectivity index (χ0n) is 17.4. The second-order valence-electron chi connectivity index (χ2n) is 8.55. The summed E-state index contributed by atoms with van der Waals surface area (Å²) < 4.78 is 14.6. The molecule has 2 heterocycles. The van der Waals surface area contributed by atoms with Crippen LogP contribution in [0, 0.1) is 5.82 Å². The predicted octanol–water partition coefficient (Wildman–Crippen LogP) is 3.07. The lowest BCUT2D eigenvalue weighted by Crippen LogP contribution is -2.44. The summed E-state index contributed by atoms with van der Waals surface area (Å²) >= 11 is 0. The van der Waals surface area contributed by atoms with Crippen molar-refractivity contribution in [2.75, 3.05) is 11.9 Å². The Bertz CT molecular complexity index is 1180. The summed E-state index contributed by atoms with van der Waals surface area (Å²) in [4.78, 5) is 51.6. The monoisotopic (exact) mass is 435 g/mol. The summed E-state index contributed by atoms with van der Waals surface area (Å²) in [6.07, 6.45) is 3.57. The molecular formula is C24H22FN3O4. The summed E-state index contributed by atoms with van der Waals surface area (Å²) in [6.45, 7) is -0.545. The van der Waals surface area contributed by atoms with E-state index in [9.17, 15) is 23.6 Å². The molecule has 0 aromatic heterocycles. The molecule has 1 unspecified atom stereocenters. The van der Waals surface area contributed by atoms with E-state index in [0.717, 1.165) is 41.4 Å². The standard InChI is InChI=1S/C24H22FN3O4/c25-18-12-19-15(8-9-21(30)26-19)11-16(18)20(29)13-28-22(31)24(27-23(28)32)10-4-3-6-14-5-1-2-7-17(14)24/h1-2,5,7,11-12H,3-4,6,8-10,13H2,(H,26,30)(H,27,32). The molecule has 0 saturated carbocycles. The van der Waals surface area contributed by atoms with Gasteiger partial charge in [0.1, 0.15) is 11.4 Å². The van der Waals surface area contributed by atoms with Gasteiger partial charge in [-0.05, 0) is 60.9 Å². The first-order valence-electron chi connectivity index (χ1n) is 10.8. The smallest absolute Gasteiger partial charge is 0.325 e. The number of anilines is 1. The zero-order chi connectivity index (χ0) is 22.5. The van der Waals surface area contributed by atoms with Crippen LogP contribution < -0.4 is 10.6 Å². The van der Waals surface area contributed by atoms with Gasteiger partial charge in [-0.25, -0.2) is 9.18 Å². The average Bonchev–Trinajstić information content (AvgIpc) is 2.90. The van der Waals surface area contributed by atoms with Crippen molar-refractivity contribution in [3.63, 3.8) is 0 Å². The molecule has 1 saturated heterocycles. The fraction of sp³-hybridized carbons (Fsp3) is 0.333. The van der Waals surface area contributed by atoms with Crippen molar-refractivity contribution in [3.05, 3.63) is 64.5 Å². The Balaban J connectivity index is 1.44. The number of fused-ring (bicyclic) bond motifs is 3. The van der Waals surface area contributed by atoms with E-state index in [2.05, 4.69) is 10.6 Å². The number of imide groups is 1. The van der Waals surface area contributed by atoms with Crippen LogP contribution in [0.3, 0.4) is 0 Å². The van der Waals surface area contributed by atoms with Crippen LogP contribution in [0.25, 0.3) is 0 Å². The minimum absolute atomic E-state index is 0.192. The number of benzene rings is 2. The Morgan fingerprint density at radius 2 is 1.84 bits per heavy atom. The highest BCUT2D eigenvalue weighted by molar-refractivity contribution is 6.11. The molecule has 0 radical (unpaired) electrons. The van der Waals surface area contributed by atoms with Gasteiger partial charge in [0.15, 0.2) is 5.78 Å². The zero-order valence-corrected chi connectivity index (χ0v) is 17.4. The van der Waals surface area contributed by atoms with Crippen LogP contribution in [-0.2, 0) is 28.0 Å². The van der Waals surface area contributed by atoms with Crippen molar-refractivity contribution >= 4 is 29.3 Å². The minimum atomic E-state index is -1.19. The quantitative estimate of drug-likeness (QED) is 0.572. The highest BCUT2D eigenvalue weighted by atomic mass is 19.1. The number of urea groups is 1. The SMILES string of the molecule is O=C1CCc2cc(C(=O)CN3C(=O)NC4(CCCCc5ccccc54)C3=O)c(F)cc2N1. The molecule has 2 aliphatic heterocycles. The highest BCUT2D eigenvalue weighted by Crippen LogP contribution is 2.39. The molecule has 1 aliphatic carbocycles. The van der Waals surface area contributed by atoms with Crippen molar-refractivity contribution in [1.82, 2.24) is 10.2 Å². The first-order chi connectivity index (χ1) is 15.4. The molecule has 0 bridgehead atoms. The van der Waals surface area contributed by atoms with E-state index >= 15 is 0 Å². The lowest BCUT2D eigenvalue weighted by atomic mass is 9.84. The van der Waals surface area contributed by atoms with Crippen molar-refractivity contribution in [2.45, 2.75) is 44.1 Å². The van der Waals surface area contributed by atoms with Crippen LogP contribution >= 0.6 is 0 Å². The lowest BCUT2D eigenvalue weighted by Gasteiger charge is -2.27. The maximum absolute atomic E-state index is 14.6. The third-order valence-corrected chi connectivity index (χ3v) is 6.59. The second kappa shape index (κ2) is 7.55. The molecule has 5 rings (SSSR count). The number of halogens is 1. The van der Waals surface area contributed by atoms with E-state index in [0.29, 0.717) is 24.1 Å². The van der Waals surface area contributed by atoms with E-state index in [-0.39, 0.29) is 17.9 Å². The number of nitrogens with zero attached hydrogens (tertiary/aromatic N) is 1. The average molecular weight is 435 g/mol. The second-order valence-corrected chi connectivity index (χ2v) is 8.55. The molecule has 1 fully saturated rings. The van der Waals surface area contributed by atoms with Gasteiger partial charge >= 0.3 is 6.03 Å². The minimum Gasteiger partial charge on any atom is -0.326 e. The topological polar surface area (TPSA) is 95.6 Å². The number of Topliss-reactive ketones (excluding diaryl/α,β-unsaturated/α-hetero) is 1. The first kappa shape index (κ1) is 20.4. The van der Waals surface area contributed by atoms with Crippen molar-refractivity contribution in [3.8, 4) is 0 Å². The van der Waals surface area contributed by atoms with Crippen LogP contribution in [0.5, 0.6) is 0 Å². The normalized spacial score (nSPS) is 22.2. The van der Waals surface area contributed by atoms with Crippen molar-refractivity contribution in [2.24, 2.45) is 0 Å². The van der Waals surface area contributed by atoms with E-state index in [1.54, 1.807) is 0 Å². The summed E-state index contributed by atoms with van der Waals surface area (Å²) in [5, 5.41) is 5.42. The number of nitrogens with one attached hydrogen (secondary N) is 2. The van der Waals surface area contributed by atoms with E-state index in [1.165, 1.54) is 6.07 Å². The molecule has 3 aliphatic rings. The Morgan fingerprint density at radius 3 is 2.69 bits per heavy atom. The molecule has 7 nitrogen and oxygen atoms in total. The molecular weight excluding hydrogens is 413 g/mol. The highest BCUT2D eigenvalue weighted by Gasteiger charge is 2.53. The van der Waals surface area contributed by atoms with Crippen LogP contribution in [-0.4, -0.2) is 35.1 Å². The number of ketones is 1. The van der Waals surface area contributed by atoms with E-state index in [4.69, 9.17) is 0 Å². The van der Waals surface area contributed by atoms with Gasteiger partial charge in [0.2, 0.25) is 5.91 Å². The third-order valence-electron chi connectivity index (χ3n) is 6.59. The van der Waals surface area contributed by atoms with Crippen LogP contribution in [0.15, 0.2) is 36.4 Å². The number of amides is 4. The Labute approximate surface area is 184 Å². The van der Waals surface area contributed by atoms with Crippen LogP contribution in [0.1, 0.15) is 52.7 Å². The molecule has 1 spiro atoms. The molecule has 1 atom stereocenters. The maximum Gasteiger partial charge on any atom is 0.325 e. The molecule has 2 aromatic carbocycles. The largest absolute Gasteiger partial charge is 0.326 e. The number of hydrogen-bond acceptors (Lipinski definition) is 4. The van der Waals surface area contributed by atoms with Gasteiger partial charge in [0, 0.05) is 12.1 Å². The summed E-state index contributed by atoms with van der Waals surface area (Å²) in [5.41, 5.74) is 1.39. The van der Waals surface area contributed by atoms with Crippen molar-refractivity contribution in [1.29, 1.82) is 0 Å². The van der Waals surface area contributed by atoms with E-state index in [1.807, 2.05) is 24.3 Å². The number of hydrogen-bond donors (Lipinski definition) is 2. The van der Waals surface area contributed by atoms with Crippen LogP contribution in [0.4, 0.5) is 14.9 Å². The van der Waals surface area contributed by atoms with Crippen molar-refractivity contribution < 1.29 is 23.6 Å². The number of aryl methyl sites for hydroxylation is 2. The number of carbonyl (C=O) groups is 4. The first-order valence-corrected chi connectivity index (χ1v) is 10.8. The van der Waals surface area contributed by atoms with Gasteiger partial charge in [-0.2, -0.15) is 0 Å². The Morgan fingerprint density at radius 1 is 1.03 bits per heavy atom. The molecule has 8 heteroatoms. The van der Waals surface area contributed by atoms with Gasteiger partial charge in [0.05, 0.1) is 12.1 Å². The van der Waals surface area contributed by atoms with Gasteiger partial charge < -0.3 is 10.6 Å². The molecule has 32 heavy (non-hydrogen) atoms. The summed E-state index contributed by atoms with van der Waals surface area (Å²) in [6, 6.07) is 9.42. The molecule has 4 amide bonds. The number of rotatable bonds is 3. The molecule has 2 N–H and O–H groups in total. The van der Waals surface area contributed by atoms with Crippen LogP contribution in [0.2, 0.25) is 0 Å². The maximum atomic E-state index is 14.6. The van der Waals surface area contributed by atoms with Gasteiger partial charge in [-0.1, -0.05) is 24.3 Å². The molecule has 164 valence electrons. The third kappa shape index (κ3) is 3.18. The summed E-state index contributed by atoms with van der Waals surface area (Å²) in [7, 11) is 0. The lowest BCUT2D eigenvalue weighted by molar-refractivity contribution is -0.131. The van der Waals surface area contributed by atoms with Gasteiger partial charge in [0.25, 0.3) is 5.91 Å². The Hall–Kier alpha value is -3.55. The number of carbonyl (C=O) groups excluding carboxylic acids is 4. The fourth-order valence-electron chi connectivity index (χ4n) is 4.96. The van der Waals surface area contributed by atoms with Gasteiger partial charge in [-0.15, -0.1) is 0 Å². The Kier molecular flexibility index (Phi) is 4.80. The summed E-state index contributed by atoms with van der Waals surface area (Å²) in [5.74, 6) is -2.14.